The Morgan fingerprint density at radius 1 is 1.55 bits per heavy atom. The van der Waals surface area contributed by atoms with Crippen molar-refractivity contribution in [2.24, 2.45) is 5.92 Å². The molecule has 1 aliphatic heterocycles. The number of hydrogen-bond donors (Lipinski definition) is 2. The Hall–Kier alpha value is -1.82. The van der Waals surface area contributed by atoms with Crippen molar-refractivity contribution in [2.75, 3.05) is 31.6 Å². The first kappa shape index (κ1) is 14.6. The van der Waals surface area contributed by atoms with Gasteiger partial charge in [0.1, 0.15) is 0 Å². The van der Waals surface area contributed by atoms with Crippen molar-refractivity contribution >= 4 is 11.4 Å². The second-order valence-electron chi connectivity index (χ2n) is 4.95. The van der Waals surface area contributed by atoms with Crippen molar-refractivity contribution in [1.82, 2.24) is 5.32 Å². The van der Waals surface area contributed by atoms with Crippen molar-refractivity contribution in [3.05, 3.63) is 28.3 Å². The fourth-order valence-corrected chi connectivity index (χ4v) is 2.43. The average molecular weight is 279 g/mol. The van der Waals surface area contributed by atoms with Crippen LogP contribution in [-0.2, 0) is 0 Å². The standard InChI is InChI=1S/C14H21N3O3/c1-2-20-14-9-12(3-4-13(14)17(18)19)16-8-6-11-5-7-15-10-11/h3-4,9,11,15-16H,2,5-8,10H2,1H3. The van der Waals surface area contributed by atoms with Crippen LogP contribution >= 0.6 is 0 Å². The number of ether oxygens (including phenoxy) is 1. The van der Waals surface area contributed by atoms with Crippen LogP contribution in [0.1, 0.15) is 19.8 Å². The number of nitrogens with one attached hydrogen (secondary N) is 2. The Kier molecular flexibility index (Phi) is 5.17. The van der Waals surface area contributed by atoms with E-state index in [0.29, 0.717) is 12.4 Å². The van der Waals surface area contributed by atoms with Gasteiger partial charge in [-0.2, -0.15) is 0 Å². The summed E-state index contributed by atoms with van der Waals surface area (Å²) in [4.78, 5) is 10.5. The molecule has 0 aromatic heterocycles. The summed E-state index contributed by atoms with van der Waals surface area (Å²) in [6.45, 7) is 5.30. The number of nitrogens with zero attached hydrogens (tertiary/aromatic N) is 1. The second kappa shape index (κ2) is 7.09. The van der Waals surface area contributed by atoms with Crippen molar-refractivity contribution in [1.29, 1.82) is 0 Å². The van der Waals surface area contributed by atoms with Gasteiger partial charge < -0.3 is 15.4 Å². The maximum absolute atomic E-state index is 10.9. The highest BCUT2D eigenvalue weighted by molar-refractivity contribution is 5.57. The molecule has 1 aliphatic rings. The summed E-state index contributed by atoms with van der Waals surface area (Å²) in [6, 6.07) is 4.92. The summed E-state index contributed by atoms with van der Waals surface area (Å²) in [7, 11) is 0. The Labute approximate surface area is 118 Å². The minimum absolute atomic E-state index is 0.0115. The molecule has 0 amide bonds. The molecule has 0 bridgehead atoms. The van der Waals surface area contributed by atoms with E-state index in [-0.39, 0.29) is 5.69 Å². The van der Waals surface area contributed by atoms with E-state index in [2.05, 4.69) is 10.6 Å². The predicted molar refractivity (Wildman–Crippen MR) is 78.3 cm³/mol. The van der Waals surface area contributed by atoms with Crippen LogP contribution in [0.3, 0.4) is 0 Å². The molecule has 1 heterocycles. The van der Waals surface area contributed by atoms with E-state index in [4.69, 9.17) is 4.74 Å². The van der Waals surface area contributed by atoms with E-state index in [1.165, 1.54) is 12.5 Å². The van der Waals surface area contributed by atoms with Crippen molar-refractivity contribution in [3.63, 3.8) is 0 Å². The van der Waals surface area contributed by atoms with Gasteiger partial charge in [0.25, 0.3) is 0 Å². The molecule has 110 valence electrons. The second-order valence-corrected chi connectivity index (χ2v) is 4.95. The first-order valence-electron chi connectivity index (χ1n) is 7.06. The molecule has 1 fully saturated rings. The number of hydrogen-bond acceptors (Lipinski definition) is 5. The molecule has 1 saturated heterocycles. The first-order valence-corrected chi connectivity index (χ1v) is 7.06. The predicted octanol–water partition coefficient (Wildman–Crippen LogP) is 2.41. The van der Waals surface area contributed by atoms with Crippen LogP contribution < -0.4 is 15.4 Å². The van der Waals surface area contributed by atoms with Gasteiger partial charge >= 0.3 is 5.69 Å². The van der Waals surface area contributed by atoms with Gasteiger partial charge in [-0.05, 0) is 44.8 Å². The monoisotopic (exact) mass is 279 g/mol. The molecular weight excluding hydrogens is 258 g/mol. The van der Waals surface area contributed by atoms with Crippen molar-refractivity contribution in [3.8, 4) is 5.75 Å². The molecule has 6 heteroatoms. The van der Waals surface area contributed by atoms with E-state index in [1.54, 1.807) is 12.1 Å². The summed E-state index contributed by atoms with van der Waals surface area (Å²) in [5, 5.41) is 17.5. The number of nitro groups is 1. The zero-order valence-corrected chi connectivity index (χ0v) is 11.7. The fraction of sp³-hybridized carbons (Fsp3) is 0.571. The molecule has 1 atom stereocenters. The highest BCUT2D eigenvalue weighted by atomic mass is 16.6. The SMILES string of the molecule is CCOc1cc(NCCC2CCNC2)ccc1[N+](=O)[O-]. The molecule has 2 N–H and O–H groups in total. The van der Waals surface area contributed by atoms with Crippen LogP contribution in [-0.4, -0.2) is 31.2 Å². The van der Waals surface area contributed by atoms with Crippen LogP contribution in [0.15, 0.2) is 18.2 Å². The normalized spacial score (nSPS) is 17.9. The van der Waals surface area contributed by atoms with Gasteiger partial charge in [-0.25, -0.2) is 0 Å². The third kappa shape index (κ3) is 3.84. The molecule has 0 saturated carbocycles. The third-order valence-electron chi connectivity index (χ3n) is 3.50. The minimum Gasteiger partial charge on any atom is -0.487 e. The fourth-order valence-electron chi connectivity index (χ4n) is 2.43. The average Bonchev–Trinajstić information content (AvgIpc) is 2.92. The van der Waals surface area contributed by atoms with Crippen LogP contribution in [0.25, 0.3) is 0 Å². The van der Waals surface area contributed by atoms with Crippen molar-refractivity contribution < 1.29 is 9.66 Å². The van der Waals surface area contributed by atoms with Crippen LogP contribution in [0.2, 0.25) is 0 Å². The molecule has 6 nitrogen and oxygen atoms in total. The zero-order chi connectivity index (χ0) is 14.4. The van der Waals surface area contributed by atoms with E-state index in [9.17, 15) is 10.1 Å². The lowest BCUT2D eigenvalue weighted by atomic mass is 10.1. The maximum atomic E-state index is 10.9. The van der Waals surface area contributed by atoms with Gasteiger partial charge in [0.05, 0.1) is 11.5 Å². The number of anilines is 1. The Bertz CT molecular complexity index is 459. The lowest BCUT2D eigenvalue weighted by Crippen LogP contribution is -2.12. The van der Waals surface area contributed by atoms with Gasteiger partial charge in [0, 0.05) is 24.4 Å². The lowest BCUT2D eigenvalue weighted by Gasteiger charge is -2.11. The Morgan fingerprint density at radius 3 is 3.05 bits per heavy atom. The van der Waals surface area contributed by atoms with Gasteiger partial charge in [-0.1, -0.05) is 0 Å². The van der Waals surface area contributed by atoms with E-state index >= 15 is 0 Å². The van der Waals surface area contributed by atoms with E-state index < -0.39 is 4.92 Å². The zero-order valence-electron chi connectivity index (χ0n) is 11.7. The quantitative estimate of drug-likeness (QED) is 0.592. The molecular formula is C14H21N3O3. The van der Waals surface area contributed by atoms with Crippen LogP contribution in [0.4, 0.5) is 11.4 Å². The van der Waals surface area contributed by atoms with Gasteiger partial charge in [-0.3, -0.25) is 10.1 Å². The summed E-state index contributed by atoms with van der Waals surface area (Å²) in [6.07, 6.45) is 2.33. The molecule has 1 aromatic carbocycles. The number of benzene rings is 1. The smallest absolute Gasteiger partial charge is 0.311 e. The Morgan fingerprint density at radius 2 is 2.40 bits per heavy atom. The van der Waals surface area contributed by atoms with Gasteiger partial charge in [-0.15, -0.1) is 0 Å². The molecule has 0 spiro atoms. The number of nitro benzene ring substituents is 1. The maximum Gasteiger partial charge on any atom is 0.311 e. The molecule has 2 rings (SSSR count). The van der Waals surface area contributed by atoms with Gasteiger partial charge in [0.15, 0.2) is 5.75 Å². The Balaban J connectivity index is 1.93. The topological polar surface area (TPSA) is 76.4 Å². The van der Waals surface area contributed by atoms with Crippen molar-refractivity contribution in [2.45, 2.75) is 19.8 Å². The lowest BCUT2D eigenvalue weighted by molar-refractivity contribution is -0.385. The highest BCUT2D eigenvalue weighted by Gasteiger charge is 2.16. The molecule has 0 radical (unpaired) electrons. The minimum atomic E-state index is -0.418. The molecule has 1 unspecified atom stereocenters. The number of rotatable bonds is 7. The largest absolute Gasteiger partial charge is 0.487 e. The summed E-state index contributed by atoms with van der Waals surface area (Å²) in [5.74, 6) is 1.05. The first-order chi connectivity index (χ1) is 9.70. The third-order valence-corrected chi connectivity index (χ3v) is 3.50. The molecule has 1 aromatic rings. The summed E-state index contributed by atoms with van der Waals surface area (Å²) in [5.41, 5.74) is 0.877. The van der Waals surface area contributed by atoms with E-state index in [0.717, 1.165) is 37.7 Å². The molecule has 0 aliphatic carbocycles. The van der Waals surface area contributed by atoms with E-state index in [1.807, 2.05) is 6.92 Å². The van der Waals surface area contributed by atoms with Crippen LogP contribution in [0.5, 0.6) is 5.75 Å². The van der Waals surface area contributed by atoms with Gasteiger partial charge in [0.2, 0.25) is 0 Å². The highest BCUT2D eigenvalue weighted by Crippen LogP contribution is 2.30. The summed E-state index contributed by atoms with van der Waals surface area (Å²) >= 11 is 0. The van der Waals surface area contributed by atoms with Crippen LogP contribution in [0, 0.1) is 16.0 Å². The summed E-state index contributed by atoms with van der Waals surface area (Å²) < 4.78 is 5.33. The molecule has 20 heavy (non-hydrogen) atoms.